The first kappa shape index (κ1) is 23.9. The van der Waals surface area contributed by atoms with Crippen LogP contribution in [-0.4, -0.2) is 34.7 Å². The average Bonchev–Trinajstić information content (AvgIpc) is 3.20. The minimum absolute atomic E-state index is 0.0384. The number of rotatable bonds is 10. The molecule has 2 amide bonds. The van der Waals surface area contributed by atoms with E-state index >= 15 is 0 Å². The van der Waals surface area contributed by atoms with Gasteiger partial charge in [-0.3, -0.25) is 9.59 Å². The molecule has 172 valence electrons. The van der Waals surface area contributed by atoms with Crippen molar-refractivity contribution in [3.05, 3.63) is 108 Å². The van der Waals surface area contributed by atoms with Crippen LogP contribution in [0.4, 0.5) is 8.78 Å². The Hall–Kier alpha value is -3.74. The van der Waals surface area contributed by atoms with E-state index in [0.29, 0.717) is 11.3 Å². The maximum absolute atomic E-state index is 13.3. The Morgan fingerprint density at radius 1 is 0.848 bits per heavy atom. The number of aryl methyl sites for hydroxylation is 1. The number of halogens is 2. The van der Waals surface area contributed by atoms with Crippen molar-refractivity contribution in [3.63, 3.8) is 0 Å². The van der Waals surface area contributed by atoms with Crippen molar-refractivity contribution < 1.29 is 22.8 Å². The molecular weight excluding hydrogens is 426 g/mol. The zero-order valence-corrected chi connectivity index (χ0v) is 18.5. The molecule has 0 aliphatic carbocycles. The highest BCUT2D eigenvalue weighted by Gasteiger charge is 2.22. The lowest BCUT2D eigenvalue weighted by Gasteiger charge is -2.27. The van der Waals surface area contributed by atoms with Crippen molar-refractivity contribution in [2.24, 2.45) is 0 Å². The summed E-state index contributed by atoms with van der Waals surface area (Å²) in [7, 11) is 0. The van der Waals surface area contributed by atoms with Crippen LogP contribution in [0.5, 0.6) is 0 Å². The first-order valence-electron chi connectivity index (χ1n) is 10.5. The zero-order valence-electron chi connectivity index (χ0n) is 18.5. The van der Waals surface area contributed by atoms with Gasteiger partial charge in [0.1, 0.15) is 29.7 Å². The Morgan fingerprint density at radius 2 is 1.45 bits per heavy atom. The number of amides is 2. The number of nitrogens with zero attached hydrogens (tertiary/aromatic N) is 2. The van der Waals surface area contributed by atoms with Gasteiger partial charge in [0.05, 0.1) is 13.0 Å². The van der Waals surface area contributed by atoms with Crippen LogP contribution in [0, 0.1) is 18.6 Å². The summed E-state index contributed by atoms with van der Waals surface area (Å²) in [4.78, 5) is 29.1. The number of carbonyl (C=O) groups excluding carboxylic acids is 2. The van der Waals surface area contributed by atoms with Crippen molar-refractivity contribution in [3.8, 4) is 0 Å². The topological polar surface area (TPSA) is 53.8 Å². The minimum atomic E-state index is -0.381. The summed E-state index contributed by atoms with van der Waals surface area (Å²) >= 11 is 0. The van der Waals surface area contributed by atoms with Gasteiger partial charge >= 0.3 is 0 Å². The highest BCUT2D eigenvalue weighted by molar-refractivity contribution is 5.86. The van der Waals surface area contributed by atoms with Crippen molar-refractivity contribution in [1.82, 2.24) is 9.80 Å². The molecule has 0 saturated heterocycles. The molecule has 0 spiro atoms. The van der Waals surface area contributed by atoms with E-state index in [1.165, 1.54) is 29.2 Å². The molecule has 2 aromatic carbocycles. The molecule has 3 rings (SSSR count). The van der Waals surface area contributed by atoms with E-state index in [4.69, 9.17) is 4.42 Å². The van der Waals surface area contributed by atoms with E-state index in [0.717, 1.165) is 11.3 Å². The van der Waals surface area contributed by atoms with Crippen LogP contribution in [0.2, 0.25) is 0 Å². The van der Waals surface area contributed by atoms with Crippen LogP contribution in [-0.2, 0) is 29.1 Å². The normalized spacial score (nSPS) is 10.6. The van der Waals surface area contributed by atoms with Crippen LogP contribution in [0.25, 0.3) is 0 Å². The summed E-state index contributed by atoms with van der Waals surface area (Å²) in [6.45, 7) is 5.96. The maximum atomic E-state index is 13.3. The van der Waals surface area contributed by atoms with E-state index in [9.17, 15) is 18.4 Å². The van der Waals surface area contributed by atoms with E-state index in [1.807, 2.05) is 13.0 Å². The minimum Gasteiger partial charge on any atom is -0.464 e. The predicted molar refractivity (Wildman–Crippen MR) is 121 cm³/mol. The molecule has 0 aliphatic heterocycles. The molecule has 7 heteroatoms. The number of hydrogen-bond donors (Lipinski definition) is 0. The second kappa shape index (κ2) is 11.2. The van der Waals surface area contributed by atoms with Gasteiger partial charge in [0.15, 0.2) is 0 Å². The molecular formula is C26H26F2N2O3. The molecule has 0 N–H and O–H groups in total. The Kier molecular flexibility index (Phi) is 8.13. The highest BCUT2D eigenvalue weighted by atomic mass is 19.1. The average molecular weight is 453 g/mol. The largest absolute Gasteiger partial charge is 0.464 e. The lowest BCUT2D eigenvalue weighted by molar-refractivity contribution is -0.140. The molecule has 0 atom stereocenters. The molecule has 5 nitrogen and oxygen atoms in total. The van der Waals surface area contributed by atoms with Crippen LogP contribution in [0.1, 0.15) is 22.6 Å². The monoisotopic (exact) mass is 452 g/mol. The van der Waals surface area contributed by atoms with Crippen LogP contribution in [0.3, 0.4) is 0 Å². The molecule has 0 aliphatic rings. The number of furan rings is 1. The van der Waals surface area contributed by atoms with E-state index in [1.54, 1.807) is 41.3 Å². The van der Waals surface area contributed by atoms with E-state index in [2.05, 4.69) is 6.58 Å². The fraction of sp³-hybridized carbons (Fsp3) is 0.231. The summed E-state index contributed by atoms with van der Waals surface area (Å²) in [5, 5.41) is 0. The second-order valence-electron chi connectivity index (χ2n) is 7.75. The van der Waals surface area contributed by atoms with Crippen molar-refractivity contribution in [2.45, 2.75) is 26.4 Å². The second-order valence-corrected chi connectivity index (χ2v) is 7.75. The Labute approximate surface area is 191 Å². The van der Waals surface area contributed by atoms with Gasteiger partial charge < -0.3 is 14.2 Å². The molecule has 0 bridgehead atoms. The van der Waals surface area contributed by atoms with Crippen LogP contribution < -0.4 is 0 Å². The lowest BCUT2D eigenvalue weighted by atomic mass is 10.1. The zero-order chi connectivity index (χ0) is 23.8. The molecule has 1 heterocycles. The third kappa shape index (κ3) is 7.14. The van der Waals surface area contributed by atoms with Crippen molar-refractivity contribution in [1.29, 1.82) is 0 Å². The van der Waals surface area contributed by atoms with Gasteiger partial charge in [-0.2, -0.15) is 0 Å². The smallest absolute Gasteiger partial charge is 0.242 e. The molecule has 0 fully saturated rings. The number of benzene rings is 2. The summed E-state index contributed by atoms with van der Waals surface area (Å²) in [6, 6.07) is 15.2. The maximum Gasteiger partial charge on any atom is 0.242 e. The summed E-state index contributed by atoms with van der Waals surface area (Å²) < 4.78 is 32.1. The van der Waals surface area contributed by atoms with Crippen molar-refractivity contribution >= 4 is 11.8 Å². The number of hydrogen-bond acceptors (Lipinski definition) is 3. The third-order valence-electron chi connectivity index (χ3n) is 5.08. The SMILES string of the molecule is C=CCN(CC(=O)N(Cc1ccc(F)cc1)Cc1ccc(C)o1)C(=O)Cc1ccc(F)cc1. The lowest BCUT2D eigenvalue weighted by Crippen LogP contribution is -2.43. The Balaban J connectivity index is 1.74. The van der Waals surface area contributed by atoms with Gasteiger partial charge in [-0.15, -0.1) is 6.58 Å². The fourth-order valence-electron chi connectivity index (χ4n) is 3.36. The number of carbonyl (C=O) groups is 2. The van der Waals surface area contributed by atoms with Gasteiger partial charge in [0.25, 0.3) is 0 Å². The van der Waals surface area contributed by atoms with Gasteiger partial charge in [0, 0.05) is 13.1 Å². The van der Waals surface area contributed by atoms with E-state index < -0.39 is 0 Å². The van der Waals surface area contributed by atoms with Gasteiger partial charge in [-0.05, 0) is 54.4 Å². The summed E-state index contributed by atoms with van der Waals surface area (Å²) in [5.41, 5.74) is 1.40. The van der Waals surface area contributed by atoms with E-state index in [-0.39, 0.29) is 56.0 Å². The van der Waals surface area contributed by atoms with Gasteiger partial charge in [0.2, 0.25) is 11.8 Å². The molecule has 0 unspecified atom stereocenters. The van der Waals surface area contributed by atoms with Gasteiger partial charge in [-0.25, -0.2) is 8.78 Å². The summed E-state index contributed by atoms with van der Waals surface area (Å²) in [6.07, 6.45) is 1.59. The standard InChI is InChI=1S/C26H26F2N2O3/c1-3-14-29(25(31)15-20-5-9-22(27)10-6-20)18-26(32)30(17-24-13-4-19(2)33-24)16-21-7-11-23(28)12-8-21/h3-13H,1,14-18H2,2H3. The quantitative estimate of drug-likeness (QED) is 0.421. The van der Waals surface area contributed by atoms with Crippen LogP contribution in [0.15, 0.2) is 77.7 Å². The van der Waals surface area contributed by atoms with Gasteiger partial charge in [-0.1, -0.05) is 30.3 Å². The first-order chi connectivity index (χ1) is 15.8. The molecule has 3 aromatic rings. The van der Waals surface area contributed by atoms with Crippen molar-refractivity contribution in [2.75, 3.05) is 13.1 Å². The Morgan fingerprint density at radius 3 is 2.00 bits per heavy atom. The Bertz CT molecular complexity index is 1090. The summed E-state index contributed by atoms with van der Waals surface area (Å²) in [5.74, 6) is 0.0293. The van der Waals surface area contributed by atoms with Crippen LogP contribution >= 0.6 is 0 Å². The highest BCUT2D eigenvalue weighted by Crippen LogP contribution is 2.15. The first-order valence-corrected chi connectivity index (χ1v) is 10.5. The molecule has 33 heavy (non-hydrogen) atoms. The molecule has 0 radical (unpaired) electrons. The third-order valence-corrected chi connectivity index (χ3v) is 5.08. The fourth-order valence-corrected chi connectivity index (χ4v) is 3.36. The predicted octanol–water partition coefficient (Wildman–Crippen LogP) is 4.65. The molecule has 1 aromatic heterocycles. The molecule has 0 saturated carbocycles.